The van der Waals surface area contributed by atoms with Gasteiger partial charge in [-0.05, 0) is 37.4 Å². The molecular formula is C16H24FNO. The van der Waals surface area contributed by atoms with Crippen molar-refractivity contribution in [2.45, 2.75) is 50.5 Å². The van der Waals surface area contributed by atoms with Gasteiger partial charge in [0.25, 0.3) is 0 Å². The van der Waals surface area contributed by atoms with Gasteiger partial charge in [0.15, 0.2) is 0 Å². The lowest BCUT2D eigenvalue weighted by molar-refractivity contribution is 0.0256. The van der Waals surface area contributed by atoms with Crippen molar-refractivity contribution in [3.05, 3.63) is 35.6 Å². The Morgan fingerprint density at radius 3 is 2.47 bits per heavy atom. The second-order valence-corrected chi connectivity index (χ2v) is 5.66. The van der Waals surface area contributed by atoms with Crippen LogP contribution in [0.5, 0.6) is 0 Å². The van der Waals surface area contributed by atoms with Crippen LogP contribution in [-0.2, 0) is 6.42 Å². The van der Waals surface area contributed by atoms with Crippen molar-refractivity contribution >= 4 is 0 Å². The van der Waals surface area contributed by atoms with Crippen molar-refractivity contribution < 1.29 is 9.50 Å². The molecule has 1 aliphatic rings. The van der Waals surface area contributed by atoms with Gasteiger partial charge in [-0.25, -0.2) is 4.39 Å². The second kappa shape index (κ2) is 7.01. The largest absolute Gasteiger partial charge is 0.389 e. The number of hydrogen-bond donors (Lipinski definition) is 2. The van der Waals surface area contributed by atoms with Gasteiger partial charge < -0.3 is 10.4 Å². The molecule has 0 aliphatic heterocycles. The van der Waals surface area contributed by atoms with Crippen LogP contribution in [0, 0.1) is 5.82 Å². The van der Waals surface area contributed by atoms with E-state index in [1.54, 1.807) is 6.07 Å². The first-order valence-electron chi connectivity index (χ1n) is 7.36. The average molecular weight is 265 g/mol. The van der Waals surface area contributed by atoms with E-state index in [2.05, 4.69) is 5.32 Å². The molecule has 2 rings (SSSR count). The normalized spacial score (nSPS) is 19.1. The van der Waals surface area contributed by atoms with Crippen LogP contribution in [-0.4, -0.2) is 23.8 Å². The molecule has 0 saturated heterocycles. The Bertz CT molecular complexity index is 386. The maximum atomic E-state index is 13.4. The maximum Gasteiger partial charge on any atom is 0.126 e. The van der Waals surface area contributed by atoms with Gasteiger partial charge >= 0.3 is 0 Å². The SMILES string of the molecule is OC1(CNCCc2ccccc2F)CCCCCC1. The summed E-state index contributed by atoms with van der Waals surface area (Å²) in [6.45, 7) is 1.34. The first kappa shape index (κ1) is 14.5. The third kappa shape index (κ3) is 4.59. The Kier molecular flexibility index (Phi) is 5.34. The summed E-state index contributed by atoms with van der Waals surface area (Å²) in [6, 6.07) is 6.88. The third-order valence-corrected chi connectivity index (χ3v) is 4.02. The van der Waals surface area contributed by atoms with Crippen LogP contribution in [0.2, 0.25) is 0 Å². The molecule has 0 spiro atoms. The first-order valence-corrected chi connectivity index (χ1v) is 7.36. The molecule has 19 heavy (non-hydrogen) atoms. The van der Waals surface area contributed by atoms with E-state index < -0.39 is 5.60 Å². The second-order valence-electron chi connectivity index (χ2n) is 5.66. The van der Waals surface area contributed by atoms with E-state index in [4.69, 9.17) is 0 Å². The quantitative estimate of drug-likeness (QED) is 0.633. The number of benzene rings is 1. The summed E-state index contributed by atoms with van der Waals surface area (Å²) in [5, 5.41) is 13.7. The Labute approximate surface area is 115 Å². The van der Waals surface area contributed by atoms with Gasteiger partial charge in [0.05, 0.1) is 5.60 Å². The van der Waals surface area contributed by atoms with Crippen molar-refractivity contribution in [2.75, 3.05) is 13.1 Å². The smallest absolute Gasteiger partial charge is 0.126 e. The molecule has 1 aliphatic carbocycles. The summed E-state index contributed by atoms with van der Waals surface area (Å²) in [5.41, 5.74) is 0.189. The molecule has 2 nitrogen and oxygen atoms in total. The van der Waals surface area contributed by atoms with E-state index in [9.17, 15) is 9.50 Å². The number of hydrogen-bond acceptors (Lipinski definition) is 2. The standard InChI is InChI=1S/C16H24FNO/c17-15-8-4-3-7-14(15)9-12-18-13-16(19)10-5-1-2-6-11-16/h3-4,7-8,18-19H,1-2,5-6,9-13H2. The topological polar surface area (TPSA) is 32.3 Å². The number of nitrogens with one attached hydrogen (secondary N) is 1. The Morgan fingerprint density at radius 1 is 1.11 bits per heavy atom. The fraction of sp³-hybridized carbons (Fsp3) is 0.625. The number of rotatable bonds is 5. The van der Waals surface area contributed by atoms with Gasteiger partial charge in [0.1, 0.15) is 5.82 Å². The minimum absolute atomic E-state index is 0.141. The zero-order valence-electron chi connectivity index (χ0n) is 11.5. The van der Waals surface area contributed by atoms with Crippen LogP contribution >= 0.6 is 0 Å². The number of aliphatic hydroxyl groups is 1. The fourth-order valence-electron chi connectivity index (χ4n) is 2.81. The van der Waals surface area contributed by atoms with Gasteiger partial charge in [0.2, 0.25) is 0 Å². The van der Waals surface area contributed by atoms with E-state index in [-0.39, 0.29) is 5.82 Å². The zero-order valence-corrected chi connectivity index (χ0v) is 11.5. The fourth-order valence-corrected chi connectivity index (χ4v) is 2.81. The Morgan fingerprint density at radius 2 is 1.79 bits per heavy atom. The summed E-state index contributed by atoms with van der Waals surface area (Å²) in [5.74, 6) is -0.141. The molecule has 0 bridgehead atoms. The molecule has 2 N–H and O–H groups in total. The molecule has 0 radical (unpaired) electrons. The maximum absolute atomic E-state index is 13.4. The van der Waals surface area contributed by atoms with Gasteiger partial charge in [0, 0.05) is 6.54 Å². The summed E-state index contributed by atoms with van der Waals surface area (Å²) in [6.07, 6.45) is 7.15. The Hall–Kier alpha value is -0.930. The van der Waals surface area contributed by atoms with Crippen LogP contribution < -0.4 is 5.32 Å². The zero-order chi connectivity index (χ0) is 13.6. The highest BCUT2D eigenvalue weighted by Crippen LogP contribution is 2.26. The van der Waals surface area contributed by atoms with Crippen LogP contribution in [0.4, 0.5) is 4.39 Å². The van der Waals surface area contributed by atoms with Crippen LogP contribution in [0.1, 0.15) is 44.1 Å². The number of halogens is 1. The van der Waals surface area contributed by atoms with E-state index in [1.165, 1.54) is 18.9 Å². The lowest BCUT2D eigenvalue weighted by Gasteiger charge is -2.27. The molecule has 0 aromatic heterocycles. The van der Waals surface area contributed by atoms with Gasteiger partial charge in [-0.3, -0.25) is 0 Å². The van der Waals surface area contributed by atoms with E-state index >= 15 is 0 Å². The molecule has 1 aromatic carbocycles. The van der Waals surface area contributed by atoms with E-state index in [0.29, 0.717) is 19.5 Å². The van der Waals surface area contributed by atoms with Gasteiger partial charge in [-0.1, -0.05) is 43.9 Å². The highest BCUT2D eigenvalue weighted by atomic mass is 19.1. The molecule has 3 heteroatoms. The predicted molar refractivity (Wildman–Crippen MR) is 75.6 cm³/mol. The lowest BCUT2D eigenvalue weighted by atomic mass is 9.94. The molecule has 0 amide bonds. The summed E-state index contributed by atoms with van der Waals surface area (Å²) in [4.78, 5) is 0. The molecule has 1 aromatic rings. The highest BCUT2D eigenvalue weighted by Gasteiger charge is 2.27. The summed E-state index contributed by atoms with van der Waals surface area (Å²) < 4.78 is 13.4. The molecule has 0 unspecified atom stereocenters. The van der Waals surface area contributed by atoms with Gasteiger partial charge in [-0.15, -0.1) is 0 Å². The summed E-state index contributed by atoms with van der Waals surface area (Å²) in [7, 11) is 0. The van der Waals surface area contributed by atoms with Gasteiger partial charge in [-0.2, -0.15) is 0 Å². The molecule has 0 atom stereocenters. The third-order valence-electron chi connectivity index (χ3n) is 4.02. The average Bonchev–Trinajstić information content (AvgIpc) is 2.62. The van der Waals surface area contributed by atoms with Crippen molar-refractivity contribution in [3.63, 3.8) is 0 Å². The lowest BCUT2D eigenvalue weighted by Crippen LogP contribution is -2.40. The molecule has 0 heterocycles. The molecular weight excluding hydrogens is 241 g/mol. The summed E-state index contributed by atoms with van der Waals surface area (Å²) >= 11 is 0. The van der Waals surface area contributed by atoms with Crippen LogP contribution in [0.3, 0.4) is 0 Å². The predicted octanol–water partition coefficient (Wildman–Crippen LogP) is 3.04. The monoisotopic (exact) mass is 265 g/mol. The van der Waals surface area contributed by atoms with Crippen molar-refractivity contribution in [1.29, 1.82) is 0 Å². The van der Waals surface area contributed by atoms with Crippen LogP contribution in [0.15, 0.2) is 24.3 Å². The molecule has 106 valence electrons. The first-order chi connectivity index (χ1) is 9.20. The highest BCUT2D eigenvalue weighted by molar-refractivity contribution is 5.17. The minimum Gasteiger partial charge on any atom is -0.389 e. The van der Waals surface area contributed by atoms with E-state index in [0.717, 1.165) is 31.2 Å². The molecule has 1 fully saturated rings. The van der Waals surface area contributed by atoms with Crippen molar-refractivity contribution in [2.24, 2.45) is 0 Å². The van der Waals surface area contributed by atoms with Crippen molar-refractivity contribution in [1.82, 2.24) is 5.32 Å². The van der Waals surface area contributed by atoms with Crippen molar-refractivity contribution in [3.8, 4) is 0 Å². The molecule has 1 saturated carbocycles. The Balaban J connectivity index is 1.73. The van der Waals surface area contributed by atoms with Crippen LogP contribution in [0.25, 0.3) is 0 Å². The van der Waals surface area contributed by atoms with E-state index in [1.807, 2.05) is 12.1 Å². The minimum atomic E-state index is -0.550.